The third-order valence-electron chi connectivity index (χ3n) is 3.62. The Morgan fingerprint density at radius 3 is 2.35 bits per heavy atom. The Kier molecular flexibility index (Phi) is 3.40. The lowest BCUT2D eigenvalue weighted by Gasteiger charge is -2.27. The Morgan fingerprint density at radius 1 is 1.09 bits per heavy atom. The Morgan fingerprint density at radius 2 is 1.74 bits per heavy atom. The number of hydrogen-bond donors (Lipinski definition) is 4. The van der Waals surface area contributed by atoms with Crippen LogP contribution in [0.1, 0.15) is 28.4 Å². The fourth-order valence-electron chi connectivity index (χ4n) is 2.63. The molecule has 0 bridgehead atoms. The number of aromatic hydroxyl groups is 4. The number of rotatable bonds is 2. The third kappa shape index (κ3) is 2.46. The Labute approximate surface area is 131 Å². The van der Waals surface area contributed by atoms with Gasteiger partial charge in [-0.05, 0) is 12.1 Å². The van der Waals surface area contributed by atoms with Crippen LogP contribution in [0.15, 0.2) is 24.3 Å². The molecule has 7 nitrogen and oxygen atoms in total. The van der Waals surface area contributed by atoms with E-state index in [1.807, 2.05) is 0 Å². The number of phenolic OH excluding ortho intramolecular Hbond substituents is 4. The summed E-state index contributed by atoms with van der Waals surface area (Å²) in [4.78, 5) is 12.3. The number of hydrogen-bond acceptors (Lipinski definition) is 7. The van der Waals surface area contributed by atoms with Crippen molar-refractivity contribution in [2.24, 2.45) is 0 Å². The average molecular weight is 318 g/mol. The smallest absolute Gasteiger partial charge is 0.203 e. The van der Waals surface area contributed by atoms with E-state index in [2.05, 4.69) is 0 Å². The van der Waals surface area contributed by atoms with Crippen LogP contribution < -0.4 is 9.47 Å². The van der Waals surface area contributed by atoms with Crippen molar-refractivity contribution in [3.8, 4) is 34.5 Å². The third-order valence-corrected chi connectivity index (χ3v) is 3.62. The van der Waals surface area contributed by atoms with Crippen molar-refractivity contribution in [3.05, 3.63) is 35.4 Å². The van der Waals surface area contributed by atoms with Crippen LogP contribution in [-0.4, -0.2) is 33.3 Å². The van der Waals surface area contributed by atoms with Crippen LogP contribution in [0, 0.1) is 0 Å². The maximum absolute atomic E-state index is 12.3. The molecule has 4 N–H and O–H groups in total. The molecule has 1 heterocycles. The monoisotopic (exact) mass is 318 g/mol. The van der Waals surface area contributed by atoms with Crippen molar-refractivity contribution < 1.29 is 34.7 Å². The fourth-order valence-corrected chi connectivity index (χ4v) is 2.63. The number of ether oxygens (including phenoxy) is 2. The summed E-state index contributed by atoms with van der Waals surface area (Å²) in [6.45, 7) is 0. The second-order valence-electron chi connectivity index (χ2n) is 5.17. The summed E-state index contributed by atoms with van der Waals surface area (Å²) in [5.41, 5.74) is 0.330. The summed E-state index contributed by atoms with van der Waals surface area (Å²) in [5.74, 6) is -1.78. The highest BCUT2D eigenvalue weighted by atomic mass is 16.5. The zero-order valence-electron chi connectivity index (χ0n) is 12.1. The van der Waals surface area contributed by atoms with E-state index < -0.39 is 17.6 Å². The van der Waals surface area contributed by atoms with Crippen LogP contribution >= 0.6 is 0 Å². The van der Waals surface area contributed by atoms with Crippen LogP contribution in [0.3, 0.4) is 0 Å². The number of Topliss-reactive ketones (excluding diaryl/α,β-unsaturated/α-hetero) is 1. The summed E-state index contributed by atoms with van der Waals surface area (Å²) >= 11 is 0. The molecule has 0 saturated heterocycles. The zero-order valence-corrected chi connectivity index (χ0v) is 12.1. The standard InChI is InChI=1S/C16H14O7/c1-22-16-11(20)6-13-14(15(16)21)10(19)5-12(23-13)7-2-8(17)4-9(18)3-7/h2-4,6,12,17-18,20-21H,5H2,1H3. The van der Waals surface area contributed by atoms with Gasteiger partial charge in [-0.2, -0.15) is 0 Å². The molecular formula is C16H14O7. The van der Waals surface area contributed by atoms with E-state index in [4.69, 9.17) is 9.47 Å². The van der Waals surface area contributed by atoms with Crippen LogP contribution in [0.5, 0.6) is 34.5 Å². The van der Waals surface area contributed by atoms with Crippen LogP contribution in [-0.2, 0) is 0 Å². The number of ketones is 1. The average Bonchev–Trinajstić information content (AvgIpc) is 2.45. The van der Waals surface area contributed by atoms with Gasteiger partial charge in [-0.1, -0.05) is 0 Å². The van der Waals surface area contributed by atoms with Gasteiger partial charge in [-0.25, -0.2) is 0 Å². The SMILES string of the molecule is COc1c(O)cc2c(c1O)C(=O)CC(c1cc(O)cc(O)c1)O2. The summed E-state index contributed by atoms with van der Waals surface area (Å²) < 4.78 is 10.5. The van der Waals surface area contributed by atoms with Crippen LogP contribution in [0.4, 0.5) is 0 Å². The minimum absolute atomic E-state index is 0.00452. The number of carbonyl (C=O) groups excluding carboxylic acids is 1. The maximum atomic E-state index is 12.3. The molecule has 1 aliphatic heterocycles. The zero-order chi connectivity index (χ0) is 16.7. The van der Waals surface area contributed by atoms with Gasteiger partial charge in [0.2, 0.25) is 5.75 Å². The molecule has 2 aromatic carbocycles. The van der Waals surface area contributed by atoms with Crippen molar-refractivity contribution in [1.29, 1.82) is 0 Å². The lowest BCUT2D eigenvalue weighted by Crippen LogP contribution is -2.20. The molecule has 23 heavy (non-hydrogen) atoms. The van der Waals surface area contributed by atoms with E-state index >= 15 is 0 Å². The molecule has 1 aliphatic rings. The van der Waals surface area contributed by atoms with E-state index in [1.165, 1.54) is 25.3 Å². The molecule has 2 aromatic rings. The Bertz CT molecular complexity index is 777. The first-order chi connectivity index (χ1) is 10.9. The molecule has 1 unspecified atom stereocenters. The molecule has 7 heteroatoms. The lowest BCUT2D eigenvalue weighted by atomic mass is 9.95. The van der Waals surface area contributed by atoms with Gasteiger partial charge in [0.1, 0.15) is 28.9 Å². The summed E-state index contributed by atoms with van der Waals surface area (Å²) in [6, 6.07) is 5.07. The quantitative estimate of drug-likeness (QED) is 0.671. The number of benzene rings is 2. The van der Waals surface area contributed by atoms with Crippen molar-refractivity contribution >= 4 is 5.78 Å². The second kappa shape index (κ2) is 5.28. The first kappa shape index (κ1) is 14.8. The van der Waals surface area contributed by atoms with Gasteiger partial charge in [0.05, 0.1) is 13.5 Å². The number of phenols is 4. The van der Waals surface area contributed by atoms with Gasteiger partial charge in [0, 0.05) is 17.7 Å². The molecule has 0 radical (unpaired) electrons. The van der Waals surface area contributed by atoms with Crippen LogP contribution in [0.25, 0.3) is 0 Å². The van der Waals surface area contributed by atoms with Crippen LogP contribution in [0.2, 0.25) is 0 Å². The topological polar surface area (TPSA) is 116 Å². The molecule has 0 spiro atoms. The van der Waals surface area contributed by atoms with Gasteiger partial charge in [-0.3, -0.25) is 4.79 Å². The Balaban J connectivity index is 2.06. The van der Waals surface area contributed by atoms with Gasteiger partial charge < -0.3 is 29.9 Å². The predicted molar refractivity (Wildman–Crippen MR) is 78.4 cm³/mol. The van der Waals surface area contributed by atoms with E-state index in [-0.39, 0.29) is 40.7 Å². The van der Waals surface area contributed by atoms with E-state index in [0.717, 1.165) is 6.07 Å². The van der Waals surface area contributed by atoms with Crippen molar-refractivity contribution in [2.45, 2.75) is 12.5 Å². The summed E-state index contributed by atoms with van der Waals surface area (Å²) in [6.07, 6.45) is -0.864. The van der Waals surface area contributed by atoms with Gasteiger partial charge in [0.25, 0.3) is 0 Å². The van der Waals surface area contributed by atoms with Crippen molar-refractivity contribution in [3.63, 3.8) is 0 Å². The molecule has 0 aromatic heterocycles. The fraction of sp³-hybridized carbons (Fsp3) is 0.188. The minimum Gasteiger partial charge on any atom is -0.508 e. The highest BCUT2D eigenvalue weighted by molar-refractivity contribution is 6.03. The highest BCUT2D eigenvalue weighted by Crippen LogP contribution is 2.48. The number of fused-ring (bicyclic) bond motifs is 1. The van der Waals surface area contributed by atoms with Crippen molar-refractivity contribution in [1.82, 2.24) is 0 Å². The molecule has 0 amide bonds. The molecule has 1 atom stereocenters. The number of carbonyl (C=O) groups is 1. The molecule has 3 rings (SSSR count). The largest absolute Gasteiger partial charge is 0.508 e. The van der Waals surface area contributed by atoms with Gasteiger partial charge in [-0.15, -0.1) is 0 Å². The van der Waals surface area contributed by atoms with Gasteiger partial charge in [0.15, 0.2) is 17.3 Å². The highest BCUT2D eigenvalue weighted by Gasteiger charge is 2.33. The molecular weight excluding hydrogens is 304 g/mol. The molecule has 0 saturated carbocycles. The van der Waals surface area contributed by atoms with E-state index in [1.54, 1.807) is 0 Å². The maximum Gasteiger partial charge on any atom is 0.203 e. The van der Waals surface area contributed by atoms with Crippen molar-refractivity contribution in [2.75, 3.05) is 7.11 Å². The first-order valence-electron chi connectivity index (χ1n) is 6.76. The lowest BCUT2D eigenvalue weighted by molar-refractivity contribution is 0.0842. The number of methoxy groups -OCH3 is 1. The predicted octanol–water partition coefficient (Wildman–Crippen LogP) is 2.22. The summed E-state index contributed by atoms with van der Waals surface area (Å²) in [5, 5.41) is 39.0. The molecule has 0 aliphatic carbocycles. The second-order valence-corrected chi connectivity index (χ2v) is 5.17. The van der Waals surface area contributed by atoms with Gasteiger partial charge >= 0.3 is 0 Å². The molecule has 120 valence electrons. The normalized spacial score (nSPS) is 16.6. The Hall–Kier alpha value is -3.09. The minimum atomic E-state index is -0.764. The summed E-state index contributed by atoms with van der Waals surface area (Å²) in [7, 11) is 1.26. The van der Waals surface area contributed by atoms with E-state index in [9.17, 15) is 25.2 Å². The first-order valence-corrected chi connectivity index (χ1v) is 6.76. The molecule has 0 fully saturated rings. The van der Waals surface area contributed by atoms with E-state index in [0.29, 0.717) is 5.56 Å².